The topological polar surface area (TPSA) is 66.5 Å². The lowest BCUT2D eigenvalue weighted by Crippen LogP contribution is -2.43. The highest BCUT2D eigenvalue weighted by Gasteiger charge is 2.16. The Balaban J connectivity index is 1.59. The van der Waals surface area contributed by atoms with E-state index in [9.17, 15) is 0 Å². The van der Waals surface area contributed by atoms with Crippen LogP contribution in [-0.2, 0) is 6.42 Å². The molecule has 27 heavy (non-hydrogen) atoms. The fraction of sp³-hybridized carbons (Fsp3) is 0.476. The van der Waals surface area contributed by atoms with Gasteiger partial charge in [-0.3, -0.25) is 4.99 Å². The highest BCUT2D eigenvalue weighted by molar-refractivity contribution is 5.81. The zero-order valence-corrected chi connectivity index (χ0v) is 16.5. The molecular weight excluding hydrogens is 338 g/mol. The Morgan fingerprint density at radius 1 is 1.30 bits per heavy atom. The fourth-order valence-corrected chi connectivity index (χ4v) is 3.06. The maximum absolute atomic E-state index is 5.30. The van der Waals surface area contributed by atoms with Crippen LogP contribution in [0.15, 0.2) is 45.9 Å². The highest BCUT2D eigenvalue weighted by atomic mass is 16.5. The average molecular weight is 367 g/mol. The molecule has 3 rings (SSSR count). The van der Waals surface area contributed by atoms with Crippen molar-refractivity contribution in [1.82, 2.24) is 20.4 Å². The molecule has 2 aromatic rings. The summed E-state index contributed by atoms with van der Waals surface area (Å²) in [5.41, 5.74) is 2.73. The summed E-state index contributed by atoms with van der Waals surface area (Å²) >= 11 is 0. The molecule has 1 aliphatic rings. The number of guanidine groups is 1. The lowest BCUT2D eigenvalue weighted by molar-refractivity contribution is 0.372. The van der Waals surface area contributed by atoms with Gasteiger partial charge in [0.05, 0.1) is 6.54 Å². The standard InChI is InChI=1S/C21H29N5O/c1-4-22-21(23-13-10-19-24-20(16(2)3)25-27-19)26-14-11-18(12-15-26)17-8-6-5-7-9-17/h5-9,11,16H,4,10,12-15H2,1-3H3,(H,22,23). The van der Waals surface area contributed by atoms with E-state index in [2.05, 4.69) is 77.5 Å². The van der Waals surface area contributed by atoms with Crippen molar-refractivity contribution in [3.05, 3.63) is 53.7 Å². The van der Waals surface area contributed by atoms with E-state index in [4.69, 9.17) is 9.52 Å². The van der Waals surface area contributed by atoms with Crippen LogP contribution >= 0.6 is 0 Å². The number of aromatic nitrogens is 2. The zero-order chi connectivity index (χ0) is 19.1. The lowest BCUT2D eigenvalue weighted by atomic mass is 10.00. The quantitative estimate of drug-likeness (QED) is 0.625. The summed E-state index contributed by atoms with van der Waals surface area (Å²) in [6.07, 6.45) is 3.99. The van der Waals surface area contributed by atoms with E-state index in [0.29, 0.717) is 18.9 Å². The van der Waals surface area contributed by atoms with E-state index in [1.54, 1.807) is 0 Å². The maximum atomic E-state index is 5.30. The molecule has 0 bridgehead atoms. The van der Waals surface area contributed by atoms with E-state index in [-0.39, 0.29) is 5.92 Å². The molecule has 0 aliphatic carbocycles. The van der Waals surface area contributed by atoms with Gasteiger partial charge >= 0.3 is 0 Å². The summed E-state index contributed by atoms with van der Waals surface area (Å²) in [6.45, 7) is 9.53. The molecule has 0 saturated heterocycles. The molecule has 0 unspecified atom stereocenters. The van der Waals surface area contributed by atoms with Gasteiger partial charge in [0.25, 0.3) is 0 Å². The smallest absolute Gasteiger partial charge is 0.228 e. The molecule has 6 heteroatoms. The average Bonchev–Trinajstić information content (AvgIpc) is 3.17. The molecule has 0 saturated carbocycles. The van der Waals surface area contributed by atoms with Crippen LogP contribution in [0, 0.1) is 0 Å². The Bertz CT molecular complexity index is 779. The number of aliphatic imine (C=N–C) groups is 1. The number of hydrogen-bond acceptors (Lipinski definition) is 4. The van der Waals surface area contributed by atoms with E-state index in [1.807, 2.05) is 0 Å². The van der Waals surface area contributed by atoms with Crippen molar-refractivity contribution in [3.8, 4) is 0 Å². The van der Waals surface area contributed by atoms with Gasteiger partial charge in [0.1, 0.15) is 0 Å². The highest BCUT2D eigenvalue weighted by Crippen LogP contribution is 2.22. The Hall–Kier alpha value is -2.63. The van der Waals surface area contributed by atoms with Gasteiger partial charge in [0, 0.05) is 32.0 Å². The van der Waals surface area contributed by atoms with Crippen LogP contribution < -0.4 is 5.32 Å². The number of rotatable bonds is 6. The van der Waals surface area contributed by atoms with Crippen molar-refractivity contribution in [1.29, 1.82) is 0 Å². The predicted octanol–water partition coefficient (Wildman–Crippen LogP) is 3.49. The van der Waals surface area contributed by atoms with Crippen molar-refractivity contribution in [2.75, 3.05) is 26.2 Å². The van der Waals surface area contributed by atoms with Crippen molar-refractivity contribution in [2.24, 2.45) is 4.99 Å². The zero-order valence-electron chi connectivity index (χ0n) is 16.5. The SMILES string of the molecule is CCNC(=NCCc1nc(C(C)C)no1)N1CC=C(c2ccccc2)CC1. The first kappa shape index (κ1) is 19.1. The second-order valence-corrected chi connectivity index (χ2v) is 6.98. The Kier molecular flexibility index (Phi) is 6.63. The van der Waals surface area contributed by atoms with E-state index < -0.39 is 0 Å². The first-order chi connectivity index (χ1) is 13.2. The second kappa shape index (κ2) is 9.35. The van der Waals surface area contributed by atoms with Gasteiger partial charge in [-0.05, 0) is 24.5 Å². The lowest BCUT2D eigenvalue weighted by Gasteiger charge is -2.29. The molecule has 1 aliphatic heterocycles. The van der Waals surface area contributed by atoms with Crippen LogP contribution in [-0.4, -0.2) is 47.2 Å². The summed E-state index contributed by atoms with van der Waals surface area (Å²) in [5.74, 6) is 2.64. The molecule has 0 amide bonds. The van der Waals surface area contributed by atoms with Gasteiger partial charge in [-0.15, -0.1) is 0 Å². The van der Waals surface area contributed by atoms with Gasteiger partial charge in [-0.1, -0.05) is 55.4 Å². The van der Waals surface area contributed by atoms with E-state index >= 15 is 0 Å². The number of nitrogens with zero attached hydrogens (tertiary/aromatic N) is 4. The van der Waals surface area contributed by atoms with Crippen LogP contribution in [0.25, 0.3) is 5.57 Å². The van der Waals surface area contributed by atoms with Crippen molar-refractivity contribution in [3.63, 3.8) is 0 Å². The molecule has 1 aromatic heterocycles. The van der Waals surface area contributed by atoms with E-state index in [0.717, 1.165) is 37.8 Å². The largest absolute Gasteiger partial charge is 0.357 e. The van der Waals surface area contributed by atoms with Crippen molar-refractivity contribution >= 4 is 11.5 Å². The van der Waals surface area contributed by atoms with E-state index in [1.165, 1.54) is 11.1 Å². The third-order valence-electron chi connectivity index (χ3n) is 4.58. The Morgan fingerprint density at radius 3 is 2.74 bits per heavy atom. The van der Waals surface area contributed by atoms with Gasteiger partial charge in [0.2, 0.25) is 5.89 Å². The van der Waals surface area contributed by atoms with Gasteiger partial charge in [-0.25, -0.2) is 0 Å². The summed E-state index contributed by atoms with van der Waals surface area (Å²) in [6, 6.07) is 10.6. The first-order valence-corrected chi connectivity index (χ1v) is 9.77. The third-order valence-corrected chi connectivity index (χ3v) is 4.58. The summed E-state index contributed by atoms with van der Waals surface area (Å²) < 4.78 is 5.30. The Morgan fingerprint density at radius 2 is 2.11 bits per heavy atom. The molecule has 0 spiro atoms. The number of benzene rings is 1. The maximum Gasteiger partial charge on any atom is 0.228 e. The summed E-state index contributed by atoms with van der Waals surface area (Å²) in [4.78, 5) is 11.5. The van der Waals surface area contributed by atoms with Gasteiger partial charge in [0.15, 0.2) is 11.8 Å². The first-order valence-electron chi connectivity index (χ1n) is 9.77. The Labute approximate surface area is 161 Å². The third kappa shape index (κ3) is 5.18. The molecule has 144 valence electrons. The van der Waals surface area contributed by atoms with Gasteiger partial charge in [-0.2, -0.15) is 4.98 Å². The molecule has 6 nitrogen and oxygen atoms in total. The minimum atomic E-state index is 0.280. The minimum Gasteiger partial charge on any atom is -0.357 e. The monoisotopic (exact) mass is 367 g/mol. The van der Waals surface area contributed by atoms with Crippen molar-refractivity contribution in [2.45, 2.75) is 39.5 Å². The molecular formula is C21H29N5O. The van der Waals surface area contributed by atoms with Crippen LogP contribution in [0.1, 0.15) is 50.4 Å². The van der Waals surface area contributed by atoms with Crippen LogP contribution in [0.5, 0.6) is 0 Å². The van der Waals surface area contributed by atoms with Crippen molar-refractivity contribution < 1.29 is 4.52 Å². The molecule has 1 aromatic carbocycles. The second-order valence-electron chi connectivity index (χ2n) is 6.98. The van der Waals surface area contributed by atoms with Gasteiger partial charge < -0.3 is 14.7 Å². The molecule has 0 fully saturated rings. The molecule has 1 N–H and O–H groups in total. The minimum absolute atomic E-state index is 0.280. The molecule has 0 radical (unpaired) electrons. The molecule has 0 atom stereocenters. The number of hydrogen-bond donors (Lipinski definition) is 1. The normalized spacial score (nSPS) is 15.2. The fourth-order valence-electron chi connectivity index (χ4n) is 3.06. The summed E-state index contributed by atoms with van der Waals surface area (Å²) in [5, 5.41) is 7.41. The molecule has 2 heterocycles. The summed E-state index contributed by atoms with van der Waals surface area (Å²) in [7, 11) is 0. The predicted molar refractivity (Wildman–Crippen MR) is 109 cm³/mol. The number of nitrogens with one attached hydrogen (secondary N) is 1. The van der Waals surface area contributed by atoms with Crippen LogP contribution in [0.4, 0.5) is 0 Å². The van der Waals surface area contributed by atoms with Crippen LogP contribution in [0.3, 0.4) is 0 Å². The van der Waals surface area contributed by atoms with Crippen LogP contribution in [0.2, 0.25) is 0 Å².